The molecule has 0 atom stereocenters. The predicted octanol–water partition coefficient (Wildman–Crippen LogP) is 4.48. The number of rotatable bonds is 1. The number of aromatic nitrogens is 2. The Hall–Kier alpha value is -0.847. The Morgan fingerprint density at radius 1 is 1.00 bits per heavy atom. The number of allylic oxidation sites excluding steroid dienone is 1. The first-order valence-electron chi connectivity index (χ1n) is 5.10. The first-order chi connectivity index (χ1) is 8.74. The third-order valence-corrected chi connectivity index (χ3v) is 3.57. The van der Waals surface area contributed by atoms with Gasteiger partial charge in [0.15, 0.2) is 0 Å². The molecule has 2 aromatic rings. The monoisotopic (exact) mass is 383 g/mol. The van der Waals surface area contributed by atoms with Crippen molar-refractivity contribution in [1.82, 2.24) is 9.97 Å². The van der Waals surface area contributed by atoms with Gasteiger partial charge in [-0.1, -0.05) is 12.1 Å². The van der Waals surface area contributed by atoms with Crippen molar-refractivity contribution in [2.24, 2.45) is 0 Å². The molecule has 5 heteroatoms. The molecule has 0 aliphatic carbocycles. The molecule has 0 saturated carbocycles. The molecular formula is C14H15Cl2N2Ru-. The van der Waals surface area contributed by atoms with Crippen LogP contribution in [0, 0.1) is 7.43 Å². The number of hydrogen-bond donors (Lipinski definition) is 0. The SMILES string of the molecule is CC=[C]=[Ru]([Cl])[Cl].[CH3-].c1ccc(-c2ccccn2)nc1. The van der Waals surface area contributed by atoms with Crippen molar-refractivity contribution in [2.75, 3.05) is 0 Å². The van der Waals surface area contributed by atoms with Gasteiger partial charge in [-0.3, -0.25) is 9.97 Å². The van der Waals surface area contributed by atoms with E-state index in [4.69, 9.17) is 19.4 Å². The quantitative estimate of drug-likeness (QED) is 0.536. The van der Waals surface area contributed by atoms with Crippen LogP contribution in [0.2, 0.25) is 0 Å². The van der Waals surface area contributed by atoms with Crippen molar-refractivity contribution in [1.29, 1.82) is 0 Å². The molecule has 2 heterocycles. The van der Waals surface area contributed by atoms with Gasteiger partial charge in [-0.15, -0.1) is 0 Å². The van der Waals surface area contributed by atoms with Gasteiger partial charge in [-0.05, 0) is 24.3 Å². The summed E-state index contributed by atoms with van der Waals surface area (Å²) >= 11 is -1.57. The summed E-state index contributed by atoms with van der Waals surface area (Å²) in [5, 5.41) is 0. The van der Waals surface area contributed by atoms with E-state index in [1.807, 2.05) is 43.3 Å². The fourth-order valence-electron chi connectivity index (χ4n) is 1.11. The van der Waals surface area contributed by atoms with E-state index in [-0.39, 0.29) is 7.43 Å². The summed E-state index contributed by atoms with van der Waals surface area (Å²) in [6, 6.07) is 11.6. The molecule has 0 unspecified atom stereocenters. The van der Waals surface area contributed by atoms with Crippen LogP contribution in [0.4, 0.5) is 0 Å². The third-order valence-electron chi connectivity index (χ3n) is 1.77. The van der Waals surface area contributed by atoms with Gasteiger partial charge in [-0.25, -0.2) is 0 Å². The number of nitrogens with zero attached hydrogens (tertiary/aromatic N) is 2. The van der Waals surface area contributed by atoms with E-state index >= 15 is 0 Å². The van der Waals surface area contributed by atoms with Crippen molar-refractivity contribution in [3.05, 3.63) is 62.3 Å². The second-order valence-electron chi connectivity index (χ2n) is 3.00. The second kappa shape index (κ2) is 11.0. The first kappa shape index (κ1) is 18.2. The smallest absolute Gasteiger partial charge is 0.0886 e. The molecule has 0 aromatic carbocycles. The van der Waals surface area contributed by atoms with Crippen LogP contribution in [-0.2, 0) is 13.5 Å². The van der Waals surface area contributed by atoms with Gasteiger partial charge < -0.3 is 7.43 Å². The number of pyridine rings is 2. The van der Waals surface area contributed by atoms with Gasteiger partial charge >= 0.3 is 50.2 Å². The molecule has 0 spiro atoms. The molecule has 2 nitrogen and oxygen atoms in total. The predicted molar refractivity (Wildman–Crippen MR) is 80.8 cm³/mol. The maximum Gasteiger partial charge on any atom is 0.0886 e. The average Bonchev–Trinajstić information content (AvgIpc) is 2.41. The molecule has 0 bridgehead atoms. The van der Waals surface area contributed by atoms with Crippen molar-refractivity contribution >= 4 is 23.6 Å². The Labute approximate surface area is 127 Å². The van der Waals surface area contributed by atoms with Gasteiger partial charge in [0.25, 0.3) is 0 Å². The third kappa shape index (κ3) is 8.03. The largest absolute Gasteiger partial charge is 0.358 e. The van der Waals surface area contributed by atoms with Crippen LogP contribution in [0.3, 0.4) is 0 Å². The van der Waals surface area contributed by atoms with Crippen LogP contribution in [0.5, 0.6) is 0 Å². The van der Waals surface area contributed by atoms with Gasteiger partial charge in [-0.2, -0.15) is 0 Å². The summed E-state index contributed by atoms with van der Waals surface area (Å²) in [5.74, 6) is 0. The molecule has 0 aliphatic heterocycles. The zero-order valence-electron chi connectivity index (χ0n) is 10.7. The molecule has 0 N–H and O–H groups in total. The summed E-state index contributed by atoms with van der Waals surface area (Å²) in [4.78, 5) is 8.37. The Kier molecular flexibility index (Phi) is 10.5. The van der Waals surface area contributed by atoms with E-state index in [9.17, 15) is 0 Å². The minimum atomic E-state index is -1.57. The van der Waals surface area contributed by atoms with Crippen molar-refractivity contribution < 1.29 is 13.5 Å². The Bertz CT molecular complexity index is 482. The summed E-state index contributed by atoms with van der Waals surface area (Å²) in [6.07, 6.45) is 5.28. The summed E-state index contributed by atoms with van der Waals surface area (Å²) in [6.45, 7) is 1.85. The molecule has 0 saturated heterocycles. The molecule has 0 radical (unpaired) electrons. The first-order valence-corrected chi connectivity index (χ1v) is 10.4. The van der Waals surface area contributed by atoms with Gasteiger partial charge in [0.05, 0.1) is 11.4 Å². The van der Waals surface area contributed by atoms with Crippen LogP contribution in [0.25, 0.3) is 11.4 Å². The molecule has 19 heavy (non-hydrogen) atoms. The topological polar surface area (TPSA) is 25.8 Å². The molecule has 0 amide bonds. The second-order valence-corrected chi connectivity index (χ2v) is 8.38. The Balaban J connectivity index is 0.000000404. The van der Waals surface area contributed by atoms with Gasteiger partial charge in [0.1, 0.15) is 0 Å². The van der Waals surface area contributed by atoms with E-state index in [1.54, 1.807) is 18.5 Å². The fraction of sp³-hybridized carbons (Fsp3) is 0.0714. The van der Waals surface area contributed by atoms with Crippen molar-refractivity contribution in [3.8, 4) is 11.4 Å². The molecule has 0 aliphatic rings. The maximum absolute atomic E-state index is 5.34. The fourth-order valence-corrected chi connectivity index (χ4v) is 2.40. The minimum absolute atomic E-state index is 0. The average molecular weight is 383 g/mol. The van der Waals surface area contributed by atoms with E-state index in [2.05, 4.69) is 14.2 Å². The van der Waals surface area contributed by atoms with E-state index in [0.29, 0.717) is 0 Å². The summed E-state index contributed by atoms with van der Waals surface area (Å²) in [5.41, 5.74) is 1.83. The van der Waals surface area contributed by atoms with Crippen LogP contribution in [0.1, 0.15) is 6.92 Å². The minimum Gasteiger partial charge on any atom is -0.358 e. The zero-order chi connectivity index (χ0) is 13.2. The normalized spacial score (nSPS) is 9.11. The van der Waals surface area contributed by atoms with E-state index in [0.717, 1.165) is 11.4 Å². The van der Waals surface area contributed by atoms with E-state index in [1.165, 1.54) is 0 Å². The maximum atomic E-state index is 5.34. The molecule has 2 rings (SSSR count). The summed E-state index contributed by atoms with van der Waals surface area (Å²) < 4.78 is 2.76. The number of hydrogen-bond acceptors (Lipinski definition) is 2. The molecule has 104 valence electrons. The standard InChI is InChI=1S/C10H8N2.C3H4.CH3.2ClH.Ru/c1-3-7-11-9(5-1)10-6-2-4-8-12-10;1-3-2;;;;/h1-8H;3H,1H3;1H3;2*1H;/q;;-1;;;+2/p-2. The van der Waals surface area contributed by atoms with Crippen LogP contribution in [0.15, 0.2) is 54.9 Å². The molecular weight excluding hydrogens is 368 g/mol. The van der Waals surface area contributed by atoms with Crippen LogP contribution < -0.4 is 0 Å². The van der Waals surface area contributed by atoms with Gasteiger partial charge in [0, 0.05) is 12.4 Å². The summed E-state index contributed by atoms with van der Waals surface area (Å²) in [7, 11) is 10.7. The Morgan fingerprint density at radius 2 is 1.47 bits per heavy atom. The van der Waals surface area contributed by atoms with Crippen molar-refractivity contribution in [2.45, 2.75) is 6.92 Å². The van der Waals surface area contributed by atoms with Crippen LogP contribution in [-0.4, -0.2) is 14.2 Å². The zero-order valence-corrected chi connectivity index (χ0v) is 14.0. The molecule has 2 aromatic heterocycles. The molecule has 0 fully saturated rings. The van der Waals surface area contributed by atoms with E-state index < -0.39 is 13.5 Å². The van der Waals surface area contributed by atoms with Crippen molar-refractivity contribution in [3.63, 3.8) is 0 Å². The Morgan fingerprint density at radius 3 is 1.68 bits per heavy atom. The van der Waals surface area contributed by atoms with Crippen LogP contribution >= 0.6 is 19.4 Å². The number of halogens is 2. The van der Waals surface area contributed by atoms with Gasteiger partial charge in [0.2, 0.25) is 0 Å².